The van der Waals surface area contributed by atoms with Crippen molar-refractivity contribution in [2.24, 2.45) is 5.41 Å². The summed E-state index contributed by atoms with van der Waals surface area (Å²) < 4.78 is 0. The summed E-state index contributed by atoms with van der Waals surface area (Å²) >= 11 is 0. The molecule has 1 aromatic rings. The highest BCUT2D eigenvalue weighted by atomic mass is 15.2. The van der Waals surface area contributed by atoms with Gasteiger partial charge in [-0.05, 0) is 48.4 Å². The van der Waals surface area contributed by atoms with Crippen molar-refractivity contribution in [2.75, 3.05) is 18.0 Å². The average molecular weight is 245 g/mol. The summed E-state index contributed by atoms with van der Waals surface area (Å²) in [6.07, 6.45) is 1.23. The SMILES string of the molecule is CCC(C)(C)CN1CC(C)c2cc(C)c(C)cc21. The minimum Gasteiger partial charge on any atom is -0.370 e. The first-order valence-corrected chi connectivity index (χ1v) is 7.20. The van der Waals surface area contributed by atoms with Crippen LogP contribution in [-0.4, -0.2) is 13.1 Å². The van der Waals surface area contributed by atoms with Gasteiger partial charge >= 0.3 is 0 Å². The minimum absolute atomic E-state index is 0.403. The molecular weight excluding hydrogens is 218 g/mol. The van der Waals surface area contributed by atoms with Crippen molar-refractivity contribution in [3.63, 3.8) is 0 Å². The summed E-state index contributed by atoms with van der Waals surface area (Å²) in [5.74, 6) is 0.673. The molecule has 100 valence electrons. The lowest BCUT2D eigenvalue weighted by atomic mass is 9.89. The van der Waals surface area contributed by atoms with Crippen LogP contribution in [-0.2, 0) is 0 Å². The average Bonchev–Trinajstić information content (AvgIpc) is 2.56. The van der Waals surface area contributed by atoms with Crippen LogP contribution in [0.2, 0.25) is 0 Å². The number of hydrogen-bond donors (Lipinski definition) is 0. The molecule has 1 aromatic carbocycles. The summed E-state index contributed by atoms with van der Waals surface area (Å²) in [6, 6.07) is 4.79. The monoisotopic (exact) mass is 245 g/mol. The fraction of sp³-hybridized carbons (Fsp3) is 0.647. The third kappa shape index (κ3) is 2.41. The molecule has 1 aliphatic heterocycles. The van der Waals surface area contributed by atoms with Gasteiger partial charge in [-0.25, -0.2) is 0 Å². The van der Waals surface area contributed by atoms with Crippen LogP contribution in [0.3, 0.4) is 0 Å². The fourth-order valence-electron chi connectivity index (χ4n) is 2.80. The smallest absolute Gasteiger partial charge is 0.0405 e. The quantitative estimate of drug-likeness (QED) is 0.748. The highest BCUT2D eigenvalue weighted by Gasteiger charge is 2.29. The Bertz CT molecular complexity index is 445. The molecule has 0 aliphatic carbocycles. The lowest BCUT2D eigenvalue weighted by Crippen LogP contribution is -2.33. The summed E-state index contributed by atoms with van der Waals surface area (Å²) in [7, 11) is 0. The maximum absolute atomic E-state index is 2.59. The molecule has 0 radical (unpaired) electrons. The molecule has 0 saturated carbocycles. The Morgan fingerprint density at radius 2 is 1.83 bits per heavy atom. The molecule has 0 aromatic heterocycles. The Hall–Kier alpha value is -0.980. The van der Waals surface area contributed by atoms with Gasteiger partial charge in [0.1, 0.15) is 0 Å². The molecule has 1 unspecified atom stereocenters. The Balaban J connectivity index is 2.32. The number of nitrogens with zero attached hydrogens (tertiary/aromatic N) is 1. The third-order valence-electron chi connectivity index (χ3n) is 4.58. The predicted molar refractivity (Wildman–Crippen MR) is 80.6 cm³/mol. The van der Waals surface area contributed by atoms with Gasteiger partial charge in [0.25, 0.3) is 0 Å². The van der Waals surface area contributed by atoms with Crippen LogP contribution >= 0.6 is 0 Å². The molecule has 0 N–H and O–H groups in total. The van der Waals surface area contributed by atoms with Crippen molar-refractivity contribution in [1.29, 1.82) is 0 Å². The van der Waals surface area contributed by atoms with Crippen LogP contribution in [0, 0.1) is 19.3 Å². The normalized spacial score (nSPS) is 19.2. The van der Waals surface area contributed by atoms with Crippen LogP contribution in [0.25, 0.3) is 0 Å². The molecule has 2 rings (SSSR count). The van der Waals surface area contributed by atoms with Gasteiger partial charge in [0.2, 0.25) is 0 Å². The predicted octanol–water partition coefficient (Wildman–Crippen LogP) is 4.66. The lowest BCUT2D eigenvalue weighted by Gasteiger charge is -2.31. The highest BCUT2D eigenvalue weighted by molar-refractivity contribution is 5.63. The molecule has 0 saturated heterocycles. The van der Waals surface area contributed by atoms with E-state index in [2.05, 4.69) is 58.6 Å². The first-order valence-electron chi connectivity index (χ1n) is 7.20. The van der Waals surface area contributed by atoms with E-state index in [9.17, 15) is 0 Å². The molecule has 0 bridgehead atoms. The van der Waals surface area contributed by atoms with Crippen LogP contribution in [0.5, 0.6) is 0 Å². The maximum Gasteiger partial charge on any atom is 0.0405 e. The van der Waals surface area contributed by atoms with E-state index in [1.165, 1.54) is 36.3 Å². The maximum atomic E-state index is 2.59. The van der Waals surface area contributed by atoms with Crippen molar-refractivity contribution in [2.45, 2.75) is 53.9 Å². The van der Waals surface area contributed by atoms with Gasteiger partial charge in [0.15, 0.2) is 0 Å². The first-order chi connectivity index (χ1) is 8.34. The van der Waals surface area contributed by atoms with E-state index in [1.807, 2.05) is 0 Å². The molecule has 0 spiro atoms. The Morgan fingerprint density at radius 3 is 2.44 bits per heavy atom. The molecule has 18 heavy (non-hydrogen) atoms. The molecule has 1 aliphatic rings. The Kier molecular flexibility index (Phi) is 3.44. The second kappa shape index (κ2) is 4.60. The van der Waals surface area contributed by atoms with E-state index in [0.717, 1.165) is 0 Å². The number of fused-ring (bicyclic) bond motifs is 1. The van der Waals surface area contributed by atoms with Crippen molar-refractivity contribution in [1.82, 2.24) is 0 Å². The summed E-state index contributed by atoms with van der Waals surface area (Å²) in [5, 5.41) is 0. The molecule has 0 amide bonds. The van der Waals surface area contributed by atoms with Crippen molar-refractivity contribution in [3.05, 3.63) is 28.8 Å². The van der Waals surface area contributed by atoms with E-state index >= 15 is 0 Å². The summed E-state index contributed by atoms with van der Waals surface area (Å²) in [4.78, 5) is 2.59. The number of hydrogen-bond acceptors (Lipinski definition) is 1. The zero-order chi connectivity index (χ0) is 13.5. The molecule has 1 nitrogen and oxygen atoms in total. The van der Waals surface area contributed by atoms with E-state index in [1.54, 1.807) is 5.56 Å². The molecular formula is C17H27N. The van der Waals surface area contributed by atoms with Gasteiger partial charge in [-0.15, -0.1) is 0 Å². The van der Waals surface area contributed by atoms with E-state index in [-0.39, 0.29) is 0 Å². The van der Waals surface area contributed by atoms with Gasteiger partial charge in [-0.2, -0.15) is 0 Å². The van der Waals surface area contributed by atoms with E-state index < -0.39 is 0 Å². The molecule has 1 heteroatoms. The van der Waals surface area contributed by atoms with Gasteiger partial charge in [0, 0.05) is 24.7 Å². The largest absolute Gasteiger partial charge is 0.370 e. The number of benzene rings is 1. The van der Waals surface area contributed by atoms with Gasteiger partial charge in [-0.3, -0.25) is 0 Å². The zero-order valence-corrected chi connectivity index (χ0v) is 12.8. The zero-order valence-electron chi connectivity index (χ0n) is 12.8. The number of rotatable bonds is 3. The lowest BCUT2D eigenvalue weighted by molar-refractivity contribution is 0.353. The summed E-state index contributed by atoms with van der Waals surface area (Å²) in [5.41, 5.74) is 6.27. The molecule has 1 heterocycles. The van der Waals surface area contributed by atoms with Crippen LogP contribution in [0.15, 0.2) is 12.1 Å². The topological polar surface area (TPSA) is 3.24 Å². The van der Waals surface area contributed by atoms with Crippen molar-refractivity contribution >= 4 is 5.69 Å². The van der Waals surface area contributed by atoms with Gasteiger partial charge < -0.3 is 4.90 Å². The number of aryl methyl sites for hydroxylation is 2. The molecule has 0 fully saturated rings. The second-order valence-electron chi connectivity index (χ2n) is 6.79. The van der Waals surface area contributed by atoms with E-state index in [4.69, 9.17) is 0 Å². The van der Waals surface area contributed by atoms with Crippen LogP contribution < -0.4 is 4.90 Å². The second-order valence-corrected chi connectivity index (χ2v) is 6.79. The Labute approximate surface area is 112 Å². The van der Waals surface area contributed by atoms with Crippen molar-refractivity contribution < 1.29 is 0 Å². The standard InChI is InChI=1S/C17H27N/c1-7-17(5,6)11-18-10-14(4)15-8-12(2)13(3)9-16(15)18/h8-9,14H,7,10-11H2,1-6H3. The fourth-order valence-corrected chi connectivity index (χ4v) is 2.80. The minimum atomic E-state index is 0.403. The van der Waals surface area contributed by atoms with Gasteiger partial charge in [0.05, 0.1) is 0 Å². The number of anilines is 1. The van der Waals surface area contributed by atoms with Crippen LogP contribution in [0.1, 0.15) is 56.7 Å². The molecule has 1 atom stereocenters. The van der Waals surface area contributed by atoms with Crippen molar-refractivity contribution in [3.8, 4) is 0 Å². The summed E-state index contributed by atoms with van der Waals surface area (Å²) in [6.45, 7) is 16.2. The first kappa shape index (κ1) is 13.5. The van der Waals surface area contributed by atoms with Gasteiger partial charge in [-0.1, -0.05) is 33.8 Å². The Morgan fingerprint density at radius 1 is 1.22 bits per heavy atom. The highest BCUT2D eigenvalue weighted by Crippen LogP contribution is 2.39. The van der Waals surface area contributed by atoms with Crippen LogP contribution in [0.4, 0.5) is 5.69 Å². The third-order valence-corrected chi connectivity index (χ3v) is 4.58. The van der Waals surface area contributed by atoms with E-state index in [0.29, 0.717) is 11.3 Å².